The average molecular weight is 357 g/mol. The summed E-state index contributed by atoms with van der Waals surface area (Å²) in [6.45, 7) is 4.26. The van der Waals surface area contributed by atoms with Crippen LogP contribution >= 0.6 is 0 Å². The molecule has 8 heteroatoms. The van der Waals surface area contributed by atoms with Crippen LogP contribution in [0.4, 0.5) is 0 Å². The fourth-order valence-electron chi connectivity index (χ4n) is 2.62. The Morgan fingerprint density at radius 2 is 2.12 bits per heavy atom. The fraction of sp³-hybridized carbons (Fsp3) is 0.500. The number of methoxy groups -OCH3 is 1. The highest BCUT2D eigenvalue weighted by Gasteiger charge is 2.29. The quantitative estimate of drug-likeness (QED) is 0.685. The van der Waals surface area contributed by atoms with Gasteiger partial charge in [-0.25, -0.2) is 0 Å². The van der Waals surface area contributed by atoms with E-state index in [0.717, 1.165) is 0 Å². The molecule has 0 saturated heterocycles. The second-order valence-electron chi connectivity index (χ2n) is 6.58. The Hall–Kier alpha value is -2.51. The van der Waals surface area contributed by atoms with Crippen molar-refractivity contribution < 1.29 is 19.2 Å². The first-order valence-corrected chi connectivity index (χ1v) is 8.59. The van der Waals surface area contributed by atoms with E-state index in [0.29, 0.717) is 35.8 Å². The van der Waals surface area contributed by atoms with Crippen molar-refractivity contribution in [1.82, 2.24) is 10.6 Å². The molecular formula is C18H24BN3O4. The number of hydrogen-bond acceptors (Lipinski definition) is 5. The Balaban J connectivity index is 1.80. The van der Waals surface area contributed by atoms with Crippen LogP contribution in [0, 0.1) is 5.92 Å². The standard InChI is InChI=1S/C18H24BN3O4/c1-11(2)8-16(19)21-18(24)15-9-12(22-26-15)10-20-17(23)13-6-4-5-7-14(13)25-3/h4-7,11,15-16H,8-10H2,1-3H3,(H,20,23)(H,21,24)/t15?,16-/m0/s1. The van der Waals surface area contributed by atoms with Gasteiger partial charge >= 0.3 is 0 Å². The lowest BCUT2D eigenvalue weighted by atomic mass is 9.88. The molecule has 0 fully saturated rings. The molecule has 2 atom stereocenters. The van der Waals surface area contributed by atoms with Crippen molar-refractivity contribution in [3.63, 3.8) is 0 Å². The summed E-state index contributed by atoms with van der Waals surface area (Å²) in [6.07, 6.45) is 0.277. The molecule has 0 aromatic heterocycles. The van der Waals surface area contributed by atoms with Crippen LogP contribution in [-0.2, 0) is 9.63 Å². The summed E-state index contributed by atoms with van der Waals surface area (Å²) < 4.78 is 5.17. The molecule has 2 amide bonds. The summed E-state index contributed by atoms with van der Waals surface area (Å²) in [4.78, 5) is 29.6. The number of nitrogens with one attached hydrogen (secondary N) is 2. The van der Waals surface area contributed by atoms with Gasteiger partial charge in [-0.15, -0.1) is 0 Å². The largest absolute Gasteiger partial charge is 0.496 e. The predicted octanol–water partition coefficient (Wildman–Crippen LogP) is 1.23. The van der Waals surface area contributed by atoms with Crippen LogP contribution in [0.15, 0.2) is 29.4 Å². The van der Waals surface area contributed by atoms with E-state index < -0.39 is 12.0 Å². The van der Waals surface area contributed by atoms with E-state index in [1.807, 2.05) is 13.8 Å². The van der Waals surface area contributed by atoms with Gasteiger partial charge in [0.15, 0.2) is 0 Å². The molecule has 0 aliphatic carbocycles. The van der Waals surface area contributed by atoms with E-state index in [1.54, 1.807) is 24.3 Å². The van der Waals surface area contributed by atoms with Crippen LogP contribution in [0.1, 0.15) is 37.0 Å². The van der Waals surface area contributed by atoms with Gasteiger partial charge in [-0.05, 0) is 30.4 Å². The van der Waals surface area contributed by atoms with Crippen molar-refractivity contribution in [3.8, 4) is 5.75 Å². The number of rotatable bonds is 8. The minimum atomic E-state index is -0.716. The van der Waals surface area contributed by atoms with Crippen molar-refractivity contribution in [2.45, 2.75) is 38.7 Å². The van der Waals surface area contributed by atoms with Crippen LogP contribution in [0.3, 0.4) is 0 Å². The van der Waals surface area contributed by atoms with Gasteiger partial charge < -0.3 is 20.2 Å². The molecule has 1 aromatic rings. The van der Waals surface area contributed by atoms with Gasteiger partial charge in [0.1, 0.15) is 5.75 Å². The number of para-hydroxylation sites is 1. The third kappa shape index (κ3) is 5.51. The normalized spacial score (nSPS) is 17.2. The molecule has 138 valence electrons. The highest BCUT2D eigenvalue weighted by atomic mass is 16.6. The van der Waals surface area contributed by atoms with Gasteiger partial charge in [0.25, 0.3) is 11.8 Å². The average Bonchev–Trinajstić information content (AvgIpc) is 3.08. The number of benzene rings is 1. The summed E-state index contributed by atoms with van der Waals surface area (Å²) >= 11 is 0. The van der Waals surface area contributed by atoms with E-state index in [4.69, 9.17) is 17.4 Å². The molecule has 0 spiro atoms. The number of carbonyl (C=O) groups excluding carboxylic acids is 2. The number of nitrogens with zero attached hydrogens (tertiary/aromatic N) is 1. The highest BCUT2D eigenvalue weighted by Crippen LogP contribution is 2.17. The van der Waals surface area contributed by atoms with Gasteiger partial charge in [-0.3, -0.25) is 9.59 Å². The number of amides is 2. The molecule has 1 aromatic carbocycles. The van der Waals surface area contributed by atoms with Crippen LogP contribution in [0.25, 0.3) is 0 Å². The Bertz CT molecular complexity index is 678. The van der Waals surface area contributed by atoms with Crippen LogP contribution in [-0.4, -0.2) is 51.1 Å². The van der Waals surface area contributed by atoms with E-state index in [2.05, 4.69) is 15.8 Å². The molecule has 0 saturated carbocycles. The molecule has 2 N–H and O–H groups in total. The van der Waals surface area contributed by atoms with E-state index in [9.17, 15) is 9.59 Å². The third-order valence-corrected chi connectivity index (χ3v) is 3.88. The molecule has 1 aliphatic rings. The van der Waals surface area contributed by atoms with Gasteiger partial charge in [0.05, 0.1) is 32.8 Å². The first-order chi connectivity index (χ1) is 12.4. The van der Waals surface area contributed by atoms with E-state index >= 15 is 0 Å². The van der Waals surface area contributed by atoms with Crippen molar-refractivity contribution in [3.05, 3.63) is 29.8 Å². The van der Waals surface area contributed by atoms with Crippen LogP contribution in [0.2, 0.25) is 0 Å². The first-order valence-electron chi connectivity index (χ1n) is 8.59. The van der Waals surface area contributed by atoms with Crippen molar-refractivity contribution in [1.29, 1.82) is 0 Å². The number of oxime groups is 1. The lowest BCUT2D eigenvalue weighted by Gasteiger charge is -2.18. The maximum atomic E-state index is 12.3. The van der Waals surface area contributed by atoms with Crippen LogP contribution in [0.5, 0.6) is 5.75 Å². The SMILES string of the molecule is [B][C@H](CC(C)C)NC(=O)C1CC(CNC(=O)c2ccccc2OC)=NO1. The fourth-order valence-corrected chi connectivity index (χ4v) is 2.62. The van der Waals surface area contributed by atoms with Crippen molar-refractivity contribution in [2.75, 3.05) is 13.7 Å². The molecule has 2 radical (unpaired) electrons. The molecule has 26 heavy (non-hydrogen) atoms. The Morgan fingerprint density at radius 1 is 1.38 bits per heavy atom. The molecule has 7 nitrogen and oxygen atoms in total. The second kappa shape index (κ2) is 9.26. The smallest absolute Gasteiger partial charge is 0.263 e. The second-order valence-corrected chi connectivity index (χ2v) is 6.58. The summed E-state index contributed by atoms with van der Waals surface area (Å²) in [6, 6.07) is 6.94. The summed E-state index contributed by atoms with van der Waals surface area (Å²) in [5, 5.41) is 9.36. The third-order valence-electron chi connectivity index (χ3n) is 3.88. The lowest BCUT2D eigenvalue weighted by molar-refractivity contribution is -0.131. The summed E-state index contributed by atoms with van der Waals surface area (Å²) in [5.41, 5.74) is 1.02. The van der Waals surface area contributed by atoms with Crippen LogP contribution < -0.4 is 15.4 Å². The van der Waals surface area contributed by atoms with Gasteiger partial charge in [0.2, 0.25) is 6.10 Å². The molecule has 1 aliphatic heterocycles. The first kappa shape index (κ1) is 19.8. The Morgan fingerprint density at radius 3 is 2.81 bits per heavy atom. The van der Waals surface area contributed by atoms with Crippen molar-refractivity contribution >= 4 is 25.4 Å². The van der Waals surface area contributed by atoms with E-state index in [1.165, 1.54) is 7.11 Å². The number of carbonyl (C=O) groups is 2. The monoisotopic (exact) mass is 357 g/mol. The summed E-state index contributed by atoms with van der Waals surface area (Å²) in [7, 11) is 7.38. The Kier molecular flexibility index (Phi) is 7.06. The number of hydrogen-bond donors (Lipinski definition) is 2. The molecule has 1 heterocycles. The predicted molar refractivity (Wildman–Crippen MR) is 99.4 cm³/mol. The zero-order valence-corrected chi connectivity index (χ0v) is 15.3. The molecule has 0 bridgehead atoms. The zero-order valence-electron chi connectivity index (χ0n) is 15.3. The van der Waals surface area contributed by atoms with Crippen molar-refractivity contribution in [2.24, 2.45) is 11.1 Å². The lowest BCUT2D eigenvalue weighted by Crippen LogP contribution is -2.42. The minimum absolute atomic E-state index is 0.193. The topological polar surface area (TPSA) is 89.0 Å². The highest BCUT2D eigenvalue weighted by molar-refractivity contribution is 6.13. The molecule has 2 rings (SSSR count). The summed E-state index contributed by atoms with van der Waals surface area (Å²) in [5.74, 6) is -0.122. The maximum absolute atomic E-state index is 12.3. The molecular weight excluding hydrogens is 333 g/mol. The maximum Gasteiger partial charge on any atom is 0.263 e. The van der Waals surface area contributed by atoms with Gasteiger partial charge in [-0.1, -0.05) is 31.1 Å². The number of ether oxygens (including phenoxy) is 1. The van der Waals surface area contributed by atoms with Gasteiger partial charge in [0, 0.05) is 6.42 Å². The Labute approximate surface area is 154 Å². The minimum Gasteiger partial charge on any atom is -0.496 e. The van der Waals surface area contributed by atoms with E-state index in [-0.39, 0.29) is 18.4 Å². The van der Waals surface area contributed by atoms with Gasteiger partial charge in [-0.2, -0.15) is 0 Å². The molecule has 1 unspecified atom stereocenters. The zero-order chi connectivity index (χ0) is 19.1.